The Kier molecular flexibility index (Phi) is 2.44. The molecule has 96 valence electrons. The molecule has 4 heteroatoms. The first-order valence-electron chi connectivity index (χ1n) is 6.29. The van der Waals surface area contributed by atoms with Crippen LogP contribution in [0.4, 0.5) is 8.78 Å². The Morgan fingerprint density at radius 2 is 2.00 bits per heavy atom. The van der Waals surface area contributed by atoms with E-state index in [-0.39, 0.29) is 18.8 Å². The van der Waals surface area contributed by atoms with Gasteiger partial charge in [0.2, 0.25) is 5.92 Å². The van der Waals surface area contributed by atoms with Crippen LogP contribution >= 0.6 is 0 Å². The number of H-pyrrole nitrogens is 1. The summed E-state index contributed by atoms with van der Waals surface area (Å²) in [6.07, 6.45) is 0.419. The lowest BCUT2D eigenvalue weighted by atomic mass is 10.1. The summed E-state index contributed by atoms with van der Waals surface area (Å²) in [7, 11) is 0. The van der Waals surface area contributed by atoms with Crippen molar-refractivity contribution in [2.24, 2.45) is 0 Å². The Balaban J connectivity index is 1.99. The van der Waals surface area contributed by atoms with Crippen LogP contribution in [-0.2, 0) is 0 Å². The summed E-state index contributed by atoms with van der Waals surface area (Å²) in [5.41, 5.74) is 4.19. The Morgan fingerprint density at radius 3 is 2.67 bits per heavy atom. The van der Waals surface area contributed by atoms with Gasteiger partial charge in [0.1, 0.15) is 5.82 Å². The molecule has 3 rings (SSSR count). The van der Waals surface area contributed by atoms with Gasteiger partial charge in [0, 0.05) is 18.8 Å². The van der Waals surface area contributed by atoms with Crippen LogP contribution in [0.1, 0.15) is 42.1 Å². The van der Waals surface area contributed by atoms with Crippen molar-refractivity contribution in [3.05, 3.63) is 29.1 Å². The number of fused-ring (bicyclic) bond motifs is 1. The maximum absolute atomic E-state index is 13.2. The molecule has 1 N–H and O–H groups in total. The molecule has 0 radical (unpaired) electrons. The van der Waals surface area contributed by atoms with Crippen molar-refractivity contribution in [1.29, 1.82) is 0 Å². The molecular formula is C14H16F2N2. The van der Waals surface area contributed by atoms with Crippen molar-refractivity contribution in [2.45, 2.75) is 45.0 Å². The highest BCUT2D eigenvalue weighted by Gasteiger charge is 2.41. The van der Waals surface area contributed by atoms with Gasteiger partial charge in [-0.2, -0.15) is 0 Å². The maximum Gasteiger partial charge on any atom is 0.248 e. The van der Waals surface area contributed by atoms with E-state index in [0.717, 1.165) is 11.0 Å². The van der Waals surface area contributed by atoms with Crippen molar-refractivity contribution in [3.63, 3.8) is 0 Å². The predicted octanol–water partition coefficient (Wildman–Crippen LogP) is 4.08. The summed E-state index contributed by atoms with van der Waals surface area (Å²) in [4.78, 5) is 7.67. The van der Waals surface area contributed by atoms with E-state index in [9.17, 15) is 8.78 Å². The third-order valence-electron chi connectivity index (χ3n) is 3.91. The van der Waals surface area contributed by atoms with Gasteiger partial charge in [-0.05, 0) is 43.5 Å². The van der Waals surface area contributed by atoms with E-state index in [1.807, 2.05) is 26.0 Å². The van der Waals surface area contributed by atoms with Crippen LogP contribution in [0.2, 0.25) is 0 Å². The summed E-state index contributed by atoms with van der Waals surface area (Å²) in [5, 5.41) is 0. The fourth-order valence-corrected chi connectivity index (χ4v) is 2.67. The molecule has 1 fully saturated rings. The monoisotopic (exact) mass is 250 g/mol. The van der Waals surface area contributed by atoms with Gasteiger partial charge in [-0.25, -0.2) is 13.8 Å². The number of imidazole rings is 1. The number of hydrogen-bond acceptors (Lipinski definition) is 1. The lowest BCUT2D eigenvalue weighted by Crippen LogP contribution is -2.09. The molecule has 1 aliphatic carbocycles. The summed E-state index contributed by atoms with van der Waals surface area (Å²) in [6.45, 7) is 4.08. The predicted molar refractivity (Wildman–Crippen MR) is 67.1 cm³/mol. The van der Waals surface area contributed by atoms with E-state index < -0.39 is 5.92 Å². The number of alkyl halides is 2. The van der Waals surface area contributed by atoms with Crippen LogP contribution in [0.15, 0.2) is 12.1 Å². The minimum absolute atomic E-state index is 0.0211. The van der Waals surface area contributed by atoms with Crippen LogP contribution in [0.5, 0.6) is 0 Å². The second kappa shape index (κ2) is 3.77. The molecule has 1 aromatic carbocycles. The molecule has 0 spiro atoms. The lowest BCUT2D eigenvalue weighted by Gasteiger charge is -2.07. The number of benzene rings is 1. The first-order chi connectivity index (χ1) is 8.44. The smallest absolute Gasteiger partial charge is 0.248 e. The average Bonchev–Trinajstić information content (AvgIpc) is 2.82. The Morgan fingerprint density at radius 1 is 1.28 bits per heavy atom. The second-order valence-electron chi connectivity index (χ2n) is 5.37. The van der Waals surface area contributed by atoms with Gasteiger partial charge in [-0.3, -0.25) is 0 Å². The van der Waals surface area contributed by atoms with Gasteiger partial charge in [0.05, 0.1) is 11.0 Å². The zero-order chi connectivity index (χ0) is 12.9. The van der Waals surface area contributed by atoms with Gasteiger partial charge in [0.15, 0.2) is 0 Å². The van der Waals surface area contributed by atoms with Gasteiger partial charge < -0.3 is 4.98 Å². The number of nitrogens with one attached hydrogen (secondary N) is 1. The number of nitrogens with zero attached hydrogens (tertiary/aromatic N) is 1. The molecule has 1 aromatic heterocycles. The standard InChI is InChI=1S/C14H16F2N2/c1-8-5-11-12(6-9(8)2)18-13(17-11)10-3-4-14(15,16)7-10/h5-6,10H,3-4,7H2,1-2H3,(H,17,18). The van der Waals surface area contributed by atoms with Gasteiger partial charge in [0.25, 0.3) is 0 Å². The van der Waals surface area contributed by atoms with E-state index in [1.54, 1.807) is 0 Å². The molecule has 2 aromatic rings. The number of aryl methyl sites for hydroxylation is 2. The summed E-state index contributed by atoms with van der Waals surface area (Å²) in [6, 6.07) is 4.05. The molecule has 1 heterocycles. The number of halogens is 2. The number of rotatable bonds is 1. The highest BCUT2D eigenvalue weighted by Crippen LogP contribution is 2.43. The lowest BCUT2D eigenvalue weighted by molar-refractivity contribution is 0.00756. The highest BCUT2D eigenvalue weighted by atomic mass is 19.3. The second-order valence-corrected chi connectivity index (χ2v) is 5.37. The van der Waals surface area contributed by atoms with Crippen LogP contribution in [0.3, 0.4) is 0 Å². The molecule has 1 aliphatic rings. The van der Waals surface area contributed by atoms with E-state index in [0.29, 0.717) is 12.2 Å². The first kappa shape index (κ1) is 11.6. The molecule has 1 unspecified atom stereocenters. The average molecular weight is 250 g/mol. The molecule has 1 atom stereocenters. The highest BCUT2D eigenvalue weighted by molar-refractivity contribution is 5.77. The van der Waals surface area contributed by atoms with Crippen LogP contribution in [0.25, 0.3) is 11.0 Å². The third-order valence-corrected chi connectivity index (χ3v) is 3.91. The van der Waals surface area contributed by atoms with Crippen molar-refractivity contribution in [3.8, 4) is 0 Å². The molecule has 2 nitrogen and oxygen atoms in total. The fourth-order valence-electron chi connectivity index (χ4n) is 2.67. The molecule has 0 amide bonds. The van der Waals surface area contributed by atoms with Crippen LogP contribution in [-0.4, -0.2) is 15.9 Å². The molecular weight excluding hydrogens is 234 g/mol. The van der Waals surface area contributed by atoms with Crippen molar-refractivity contribution < 1.29 is 8.78 Å². The summed E-state index contributed by atoms with van der Waals surface area (Å²) in [5.74, 6) is -1.93. The quantitative estimate of drug-likeness (QED) is 0.811. The zero-order valence-electron chi connectivity index (χ0n) is 10.6. The Hall–Kier alpha value is -1.45. The SMILES string of the molecule is Cc1cc2nc(C3CCC(F)(F)C3)[nH]c2cc1C. The molecule has 0 saturated heterocycles. The van der Waals surface area contributed by atoms with Gasteiger partial charge in [-0.15, -0.1) is 0 Å². The van der Waals surface area contributed by atoms with E-state index in [4.69, 9.17) is 0 Å². The number of hydrogen-bond donors (Lipinski definition) is 1. The maximum atomic E-state index is 13.2. The number of aromatic nitrogens is 2. The fraction of sp³-hybridized carbons (Fsp3) is 0.500. The Bertz CT molecular complexity index is 562. The molecule has 18 heavy (non-hydrogen) atoms. The summed E-state index contributed by atoms with van der Waals surface area (Å²) < 4.78 is 26.4. The normalized spacial score (nSPS) is 22.8. The van der Waals surface area contributed by atoms with E-state index in [1.165, 1.54) is 11.1 Å². The van der Waals surface area contributed by atoms with Crippen molar-refractivity contribution >= 4 is 11.0 Å². The third kappa shape index (κ3) is 1.89. The largest absolute Gasteiger partial charge is 0.342 e. The van der Waals surface area contributed by atoms with Gasteiger partial charge >= 0.3 is 0 Å². The minimum atomic E-state index is -2.52. The molecule has 1 saturated carbocycles. The Labute approximate surface area is 104 Å². The zero-order valence-corrected chi connectivity index (χ0v) is 10.6. The van der Waals surface area contributed by atoms with Gasteiger partial charge in [-0.1, -0.05) is 0 Å². The summed E-state index contributed by atoms with van der Waals surface area (Å²) >= 11 is 0. The van der Waals surface area contributed by atoms with Crippen LogP contribution < -0.4 is 0 Å². The van der Waals surface area contributed by atoms with Crippen LogP contribution in [0, 0.1) is 13.8 Å². The van der Waals surface area contributed by atoms with Crippen molar-refractivity contribution in [1.82, 2.24) is 9.97 Å². The van der Waals surface area contributed by atoms with E-state index in [2.05, 4.69) is 9.97 Å². The first-order valence-corrected chi connectivity index (χ1v) is 6.29. The molecule has 0 bridgehead atoms. The molecule has 0 aliphatic heterocycles. The minimum Gasteiger partial charge on any atom is -0.342 e. The van der Waals surface area contributed by atoms with Crippen molar-refractivity contribution in [2.75, 3.05) is 0 Å². The number of aromatic amines is 1. The van der Waals surface area contributed by atoms with E-state index >= 15 is 0 Å². The topological polar surface area (TPSA) is 28.7 Å².